The predicted molar refractivity (Wildman–Crippen MR) is 145 cm³/mol. The molecule has 1 aliphatic rings. The van der Waals surface area contributed by atoms with E-state index in [-0.39, 0.29) is 41.8 Å². The van der Waals surface area contributed by atoms with E-state index in [0.29, 0.717) is 36.7 Å². The zero-order valence-electron chi connectivity index (χ0n) is 22.4. The molecular weight excluding hydrogens is 502 g/mol. The van der Waals surface area contributed by atoms with Crippen LogP contribution in [-0.4, -0.2) is 55.1 Å². The molecule has 0 spiro atoms. The summed E-state index contributed by atoms with van der Waals surface area (Å²) < 4.78 is 39.9. The zero-order chi connectivity index (χ0) is 27.1. The molecule has 2 heterocycles. The van der Waals surface area contributed by atoms with Gasteiger partial charge in [-0.25, -0.2) is 13.4 Å². The summed E-state index contributed by atoms with van der Waals surface area (Å²) in [6.07, 6.45) is 3.73. The van der Waals surface area contributed by atoms with E-state index in [1.54, 1.807) is 47.0 Å². The van der Waals surface area contributed by atoms with Crippen LogP contribution in [0.1, 0.15) is 43.5 Å². The van der Waals surface area contributed by atoms with Gasteiger partial charge in [0.2, 0.25) is 20.9 Å². The van der Waals surface area contributed by atoms with Gasteiger partial charge in [0, 0.05) is 19.7 Å². The van der Waals surface area contributed by atoms with Crippen molar-refractivity contribution in [2.45, 2.75) is 63.2 Å². The van der Waals surface area contributed by atoms with Crippen molar-refractivity contribution >= 4 is 15.7 Å². The van der Waals surface area contributed by atoms with Crippen molar-refractivity contribution in [1.82, 2.24) is 14.5 Å². The number of carbonyl (C=O) groups is 1. The molecule has 38 heavy (non-hydrogen) atoms. The molecule has 9 heteroatoms. The largest absolute Gasteiger partial charge is 0.497 e. The van der Waals surface area contributed by atoms with E-state index in [2.05, 4.69) is 4.98 Å². The molecule has 8 nitrogen and oxygen atoms in total. The molecule has 204 valence electrons. The number of benzene rings is 2. The van der Waals surface area contributed by atoms with E-state index >= 15 is 0 Å². The Morgan fingerprint density at radius 2 is 1.92 bits per heavy atom. The van der Waals surface area contributed by atoms with Gasteiger partial charge in [-0.2, -0.15) is 0 Å². The molecule has 0 aliphatic carbocycles. The van der Waals surface area contributed by atoms with Crippen molar-refractivity contribution in [1.29, 1.82) is 0 Å². The second-order valence-corrected chi connectivity index (χ2v) is 12.1. The van der Waals surface area contributed by atoms with Gasteiger partial charge in [0.25, 0.3) is 0 Å². The molecule has 1 amide bonds. The SMILES string of the molecule is COc1cccc(CS(=O)(=O)c2ncc(CN(CC3CCCO3)C(=O)Cc3ccccc3)n2CC(C)C)c1. The Morgan fingerprint density at radius 1 is 1.16 bits per heavy atom. The minimum Gasteiger partial charge on any atom is -0.497 e. The number of methoxy groups -OCH3 is 1. The van der Waals surface area contributed by atoms with E-state index in [1.165, 1.54) is 0 Å². The summed E-state index contributed by atoms with van der Waals surface area (Å²) in [6.45, 7) is 5.97. The Morgan fingerprint density at radius 3 is 2.61 bits per heavy atom. The molecule has 1 atom stereocenters. The zero-order valence-corrected chi connectivity index (χ0v) is 23.2. The highest BCUT2D eigenvalue weighted by Gasteiger charge is 2.28. The number of carbonyl (C=O) groups excluding carboxylic acids is 1. The third-order valence-corrected chi connectivity index (χ3v) is 8.17. The van der Waals surface area contributed by atoms with Crippen LogP contribution in [0.4, 0.5) is 0 Å². The number of hydrogen-bond donors (Lipinski definition) is 0. The maximum atomic E-state index is 13.5. The molecule has 4 rings (SSSR count). The molecule has 0 radical (unpaired) electrons. The number of hydrogen-bond acceptors (Lipinski definition) is 6. The number of aromatic nitrogens is 2. The second kappa shape index (κ2) is 12.6. The lowest BCUT2D eigenvalue weighted by atomic mass is 10.1. The average Bonchev–Trinajstić information content (AvgIpc) is 3.54. The van der Waals surface area contributed by atoms with Crippen molar-refractivity contribution in [3.63, 3.8) is 0 Å². The van der Waals surface area contributed by atoms with Gasteiger partial charge in [-0.05, 0) is 42.0 Å². The summed E-state index contributed by atoms with van der Waals surface area (Å²) in [7, 11) is -2.20. The normalized spacial score (nSPS) is 15.6. The van der Waals surface area contributed by atoms with Gasteiger partial charge < -0.3 is 18.9 Å². The van der Waals surface area contributed by atoms with Crippen molar-refractivity contribution in [2.75, 3.05) is 20.3 Å². The van der Waals surface area contributed by atoms with Gasteiger partial charge in [0.1, 0.15) is 5.75 Å². The summed E-state index contributed by atoms with van der Waals surface area (Å²) in [5.41, 5.74) is 2.26. The summed E-state index contributed by atoms with van der Waals surface area (Å²) in [4.78, 5) is 19.6. The van der Waals surface area contributed by atoms with Crippen LogP contribution in [0.3, 0.4) is 0 Å². The molecule has 2 aromatic carbocycles. The summed E-state index contributed by atoms with van der Waals surface area (Å²) in [6, 6.07) is 16.7. The topological polar surface area (TPSA) is 90.7 Å². The molecule has 0 N–H and O–H groups in total. The Bertz CT molecular complexity index is 1310. The third-order valence-electron chi connectivity index (χ3n) is 6.57. The molecule has 0 bridgehead atoms. The highest BCUT2D eigenvalue weighted by Crippen LogP contribution is 2.23. The van der Waals surface area contributed by atoms with Gasteiger partial charge in [-0.1, -0.05) is 56.3 Å². The van der Waals surface area contributed by atoms with Crippen LogP contribution in [0.25, 0.3) is 0 Å². The van der Waals surface area contributed by atoms with Crippen molar-refractivity contribution < 1.29 is 22.7 Å². The lowest BCUT2D eigenvalue weighted by molar-refractivity contribution is -0.132. The Kier molecular flexibility index (Phi) is 9.22. The number of sulfone groups is 1. The summed E-state index contributed by atoms with van der Waals surface area (Å²) in [5.74, 6) is 0.571. The van der Waals surface area contributed by atoms with Crippen LogP contribution >= 0.6 is 0 Å². The van der Waals surface area contributed by atoms with Gasteiger partial charge in [-0.3, -0.25) is 4.79 Å². The Hall–Kier alpha value is -3.17. The molecule has 3 aromatic rings. The Labute approximate surface area is 225 Å². The van der Waals surface area contributed by atoms with E-state index in [9.17, 15) is 13.2 Å². The predicted octanol–water partition coefficient (Wildman–Crippen LogP) is 4.27. The Balaban J connectivity index is 1.62. The number of amides is 1. The standard InChI is InChI=1S/C29H37N3O5S/c1-22(2)18-32-25(17-30-29(32)38(34,35)21-24-11-7-12-26(15-24)36-3)19-31(20-27-13-8-14-37-27)28(33)16-23-9-5-4-6-10-23/h4-7,9-12,15,17,22,27H,8,13-14,16,18-21H2,1-3H3. The molecular formula is C29H37N3O5S. The second-order valence-electron chi connectivity index (χ2n) is 10.2. The lowest BCUT2D eigenvalue weighted by Crippen LogP contribution is -2.38. The monoisotopic (exact) mass is 539 g/mol. The molecule has 1 saturated heterocycles. The molecule has 0 saturated carbocycles. The fourth-order valence-corrected chi connectivity index (χ4v) is 6.23. The third kappa shape index (κ3) is 7.23. The van der Waals surface area contributed by atoms with Crippen LogP contribution < -0.4 is 4.74 Å². The number of ether oxygens (including phenoxy) is 2. The highest BCUT2D eigenvalue weighted by molar-refractivity contribution is 7.90. The van der Waals surface area contributed by atoms with Crippen molar-refractivity contribution in [3.05, 3.63) is 77.6 Å². The van der Waals surface area contributed by atoms with Gasteiger partial charge in [0.15, 0.2) is 0 Å². The van der Waals surface area contributed by atoms with Crippen molar-refractivity contribution in [2.24, 2.45) is 5.92 Å². The number of nitrogens with zero attached hydrogens (tertiary/aromatic N) is 3. The number of imidazole rings is 1. The highest BCUT2D eigenvalue weighted by atomic mass is 32.2. The van der Waals surface area contributed by atoms with Crippen LogP contribution in [0.5, 0.6) is 5.75 Å². The van der Waals surface area contributed by atoms with Crippen LogP contribution in [-0.2, 0) is 44.6 Å². The fraction of sp³-hybridized carbons (Fsp3) is 0.448. The number of rotatable bonds is 12. The lowest BCUT2D eigenvalue weighted by Gasteiger charge is -2.26. The van der Waals surface area contributed by atoms with Crippen molar-refractivity contribution in [3.8, 4) is 5.75 Å². The van der Waals surface area contributed by atoms with Crippen LogP contribution in [0.15, 0.2) is 66.0 Å². The van der Waals surface area contributed by atoms with E-state index in [4.69, 9.17) is 9.47 Å². The minimum absolute atomic E-state index is 0.0209. The first kappa shape index (κ1) is 27.9. The van der Waals surface area contributed by atoms with Gasteiger partial charge in [0.05, 0.1) is 43.8 Å². The maximum absolute atomic E-state index is 13.5. The van der Waals surface area contributed by atoms with Gasteiger partial charge >= 0.3 is 0 Å². The van der Waals surface area contributed by atoms with E-state index in [0.717, 1.165) is 18.4 Å². The quantitative estimate of drug-likeness (QED) is 0.341. The van der Waals surface area contributed by atoms with Gasteiger partial charge in [-0.15, -0.1) is 0 Å². The summed E-state index contributed by atoms with van der Waals surface area (Å²) in [5, 5.41) is 0.0246. The first-order chi connectivity index (χ1) is 18.2. The van der Waals surface area contributed by atoms with Crippen LogP contribution in [0, 0.1) is 5.92 Å². The van der Waals surface area contributed by atoms with E-state index in [1.807, 2.05) is 44.2 Å². The molecule has 1 aliphatic heterocycles. The summed E-state index contributed by atoms with van der Waals surface area (Å²) >= 11 is 0. The average molecular weight is 540 g/mol. The fourth-order valence-electron chi connectivity index (χ4n) is 4.74. The molecule has 1 fully saturated rings. The smallest absolute Gasteiger partial charge is 0.228 e. The molecule has 1 aromatic heterocycles. The van der Waals surface area contributed by atoms with Crippen LogP contribution in [0.2, 0.25) is 0 Å². The van der Waals surface area contributed by atoms with E-state index < -0.39 is 9.84 Å². The first-order valence-corrected chi connectivity index (χ1v) is 14.7. The maximum Gasteiger partial charge on any atom is 0.228 e. The minimum atomic E-state index is -3.75. The first-order valence-electron chi connectivity index (χ1n) is 13.1. The molecule has 1 unspecified atom stereocenters.